The Kier molecular flexibility index (Phi) is 8.70. The van der Waals surface area contributed by atoms with Crippen molar-refractivity contribution in [2.24, 2.45) is 4.99 Å². The summed E-state index contributed by atoms with van der Waals surface area (Å²) in [4.78, 5) is 16.0. The molecule has 0 heterocycles. The van der Waals surface area contributed by atoms with Gasteiger partial charge in [0.05, 0.1) is 13.1 Å². The van der Waals surface area contributed by atoms with E-state index in [1.807, 2.05) is 19.9 Å². The SMILES string of the molecule is CCCNC(=O)CNC(=NCc1ccc(Cl)cc1Cl)NCC. The van der Waals surface area contributed by atoms with Crippen LogP contribution in [0, 0.1) is 0 Å². The molecule has 0 aliphatic rings. The zero-order valence-corrected chi connectivity index (χ0v) is 14.4. The molecule has 0 aliphatic heterocycles. The van der Waals surface area contributed by atoms with Gasteiger partial charge in [0.2, 0.25) is 5.91 Å². The standard InChI is InChI=1S/C15H22Cl2N4O/c1-3-7-19-14(22)10-21-15(18-4-2)20-9-11-5-6-12(16)8-13(11)17/h5-6,8H,3-4,7,9-10H2,1-2H3,(H,19,22)(H2,18,20,21). The highest BCUT2D eigenvalue weighted by Crippen LogP contribution is 2.21. The Hall–Kier alpha value is -1.46. The Balaban J connectivity index is 2.59. The summed E-state index contributed by atoms with van der Waals surface area (Å²) in [6.45, 7) is 5.94. The summed E-state index contributed by atoms with van der Waals surface area (Å²) in [6, 6.07) is 5.30. The number of carbonyl (C=O) groups is 1. The normalized spacial score (nSPS) is 11.2. The van der Waals surface area contributed by atoms with Gasteiger partial charge in [-0.15, -0.1) is 0 Å². The van der Waals surface area contributed by atoms with Crippen molar-refractivity contribution >= 4 is 35.1 Å². The molecule has 1 aromatic carbocycles. The minimum Gasteiger partial charge on any atom is -0.357 e. The fourth-order valence-corrected chi connectivity index (χ4v) is 2.12. The van der Waals surface area contributed by atoms with Gasteiger partial charge in [0.15, 0.2) is 5.96 Å². The first-order valence-corrected chi connectivity index (χ1v) is 8.05. The zero-order valence-electron chi connectivity index (χ0n) is 12.9. The molecule has 1 amide bonds. The second-order valence-electron chi connectivity index (χ2n) is 4.63. The lowest BCUT2D eigenvalue weighted by molar-refractivity contribution is -0.120. The third-order valence-corrected chi connectivity index (χ3v) is 3.34. The molecule has 1 rings (SSSR count). The number of guanidine groups is 1. The Morgan fingerprint density at radius 1 is 1.18 bits per heavy atom. The van der Waals surface area contributed by atoms with Crippen molar-refractivity contribution in [3.8, 4) is 0 Å². The number of hydrogen-bond donors (Lipinski definition) is 3. The molecule has 0 atom stereocenters. The van der Waals surface area contributed by atoms with Gasteiger partial charge in [0, 0.05) is 23.1 Å². The van der Waals surface area contributed by atoms with Crippen molar-refractivity contribution in [1.29, 1.82) is 0 Å². The summed E-state index contributed by atoms with van der Waals surface area (Å²) >= 11 is 12.0. The molecule has 1 aromatic rings. The smallest absolute Gasteiger partial charge is 0.239 e. The van der Waals surface area contributed by atoms with Crippen molar-refractivity contribution in [3.63, 3.8) is 0 Å². The van der Waals surface area contributed by atoms with Crippen LogP contribution in [0.5, 0.6) is 0 Å². The van der Waals surface area contributed by atoms with Gasteiger partial charge >= 0.3 is 0 Å². The average molecular weight is 345 g/mol. The van der Waals surface area contributed by atoms with Crippen LogP contribution in [0.2, 0.25) is 10.0 Å². The lowest BCUT2D eigenvalue weighted by Gasteiger charge is -2.11. The Morgan fingerprint density at radius 2 is 1.95 bits per heavy atom. The van der Waals surface area contributed by atoms with Crippen LogP contribution in [0.4, 0.5) is 0 Å². The molecular weight excluding hydrogens is 323 g/mol. The molecule has 0 saturated heterocycles. The van der Waals surface area contributed by atoms with Crippen LogP contribution in [0.15, 0.2) is 23.2 Å². The number of nitrogens with one attached hydrogen (secondary N) is 3. The molecular formula is C15H22Cl2N4O. The van der Waals surface area contributed by atoms with Gasteiger partial charge in [0.1, 0.15) is 0 Å². The molecule has 3 N–H and O–H groups in total. The van der Waals surface area contributed by atoms with E-state index in [4.69, 9.17) is 23.2 Å². The van der Waals surface area contributed by atoms with Crippen LogP contribution in [0.3, 0.4) is 0 Å². The van der Waals surface area contributed by atoms with Crippen LogP contribution in [-0.2, 0) is 11.3 Å². The minimum absolute atomic E-state index is 0.0584. The first-order chi connectivity index (χ1) is 10.6. The highest BCUT2D eigenvalue weighted by molar-refractivity contribution is 6.35. The molecule has 5 nitrogen and oxygen atoms in total. The second kappa shape index (κ2) is 10.3. The van der Waals surface area contributed by atoms with Crippen LogP contribution in [-0.4, -0.2) is 31.5 Å². The Morgan fingerprint density at radius 3 is 2.59 bits per heavy atom. The first kappa shape index (κ1) is 18.6. The van der Waals surface area contributed by atoms with Gasteiger partial charge < -0.3 is 16.0 Å². The predicted molar refractivity (Wildman–Crippen MR) is 92.6 cm³/mol. The summed E-state index contributed by atoms with van der Waals surface area (Å²) in [5, 5.41) is 10.0. The average Bonchev–Trinajstić information content (AvgIpc) is 2.49. The molecule has 0 aromatic heterocycles. The molecule has 0 unspecified atom stereocenters. The minimum atomic E-state index is -0.0584. The van der Waals surface area contributed by atoms with E-state index < -0.39 is 0 Å². The fourth-order valence-electron chi connectivity index (χ4n) is 1.65. The largest absolute Gasteiger partial charge is 0.357 e. The summed E-state index contributed by atoms with van der Waals surface area (Å²) < 4.78 is 0. The molecule has 7 heteroatoms. The molecule has 0 fully saturated rings. The van der Waals surface area contributed by atoms with Gasteiger partial charge in [0.25, 0.3) is 0 Å². The third kappa shape index (κ3) is 7.00. The Bertz CT molecular complexity index is 520. The number of aliphatic imine (C=N–C) groups is 1. The quantitative estimate of drug-likeness (QED) is 0.526. The number of rotatable bonds is 7. The highest BCUT2D eigenvalue weighted by Gasteiger charge is 2.04. The topological polar surface area (TPSA) is 65.5 Å². The number of amides is 1. The number of hydrogen-bond acceptors (Lipinski definition) is 2. The molecule has 0 aliphatic carbocycles. The van der Waals surface area contributed by atoms with Gasteiger partial charge in [-0.3, -0.25) is 4.79 Å². The maximum absolute atomic E-state index is 11.6. The van der Waals surface area contributed by atoms with Crippen LogP contribution in [0.1, 0.15) is 25.8 Å². The monoisotopic (exact) mass is 344 g/mol. The van der Waals surface area contributed by atoms with E-state index in [1.54, 1.807) is 12.1 Å². The third-order valence-electron chi connectivity index (χ3n) is 2.76. The van der Waals surface area contributed by atoms with E-state index in [1.165, 1.54) is 0 Å². The van der Waals surface area contributed by atoms with Crippen LogP contribution >= 0.6 is 23.2 Å². The molecule has 0 radical (unpaired) electrons. The van der Waals surface area contributed by atoms with Gasteiger partial charge in [-0.25, -0.2) is 4.99 Å². The van der Waals surface area contributed by atoms with Crippen molar-refractivity contribution < 1.29 is 4.79 Å². The predicted octanol–water partition coefficient (Wildman–Crippen LogP) is 2.57. The summed E-state index contributed by atoms with van der Waals surface area (Å²) in [6.07, 6.45) is 0.912. The van der Waals surface area contributed by atoms with Gasteiger partial charge in [-0.05, 0) is 31.0 Å². The number of halogens is 2. The number of carbonyl (C=O) groups excluding carboxylic acids is 1. The van der Waals surface area contributed by atoms with Crippen molar-refractivity contribution in [2.45, 2.75) is 26.8 Å². The highest BCUT2D eigenvalue weighted by atomic mass is 35.5. The van der Waals surface area contributed by atoms with Crippen molar-refractivity contribution in [3.05, 3.63) is 33.8 Å². The molecule has 122 valence electrons. The number of nitrogens with zero attached hydrogens (tertiary/aromatic N) is 1. The van der Waals surface area contributed by atoms with Gasteiger partial charge in [-0.1, -0.05) is 36.2 Å². The summed E-state index contributed by atoms with van der Waals surface area (Å²) in [5.41, 5.74) is 0.874. The molecule has 0 bridgehead atoms. The summed E-state index contributed by atoms with van der Waals surface area (Å²) in [5.74, 6) is 0.511. The molecule has 0 spiro atoms. The number of benzene rings is 1. The zero-order chi connectivity index (χ0) is 16.4. The lowest BCUT2D eigenvalue weighted by atomic mass is 10.2. The first-order valence-electron chi connectivity index (χ1n) is 7.29. The van der Waals surface area contributed by atoms with Crippen molar-refractivity contribution in [2.75, 3.05) is 19.6 Å². The van der Waals surface area contributed by atoms with E-state index in [0.29, 0.717) is 35.6 Å². The Labute approximate surface area is 141 Å². The maximum atomic E-state index is 11.6. The van der Waals surface area contributed by atoms with E-state index in [-0.39, 0.29) is 12.5 Å². The van der Waals surface area contributed by atoms with Crippen LogP contribution < -0.4 is 16.0 Å². The van der Waals surface area contributed by atoms with E-state index in [0.717, 1.165) is 12.0 Å². The maximum Gasteiger partial charge on any atom is 0.239 e. The molecule has 0 saturated carbocycles. The summed E-state index contributed by atoms with van der Waals surface area (Å²) in [7, 11) is 0. The van der Waals surface area contributed by atoms with E-state index >= 15 is 0 Å². The second-order valence-corrected chi connectivity index (χ2v) is 5.48. The molecule has 22 heavy (non-hydrogen) atoms. The van der Waals surface area contributed by atoms with Gasteiger partial charge in [-0.2, -0.15) is 0 Å². The van der Waals surface area contributed by atoms with E-state index in [9.17, 15) is 4.79 Å². The van der Waals surface area contributed by atoms with Crippen molar-refractivity contribution in [1.82, 2.24) is 16.0 Å². The van der Waals surface area contributed by atoms with E-state index in [2.05, 4.69) is 20.9 Å². The lowest BCUT2D eigenvalue weighted by Crippen LogP contribution is -2.43. The van der Waals surface area contributed by atoms with Crippen LogP contribution in [0.25, 0.3) is 0 Å². The fraction of sp³-hybridized carbons (Fsp3) is 0.467.